The van der Waals surface area contributed by atoms with Crippen LogP contribution in [0.15, 0.2) is 24.4 Å². The summed E-state index contributed by atoms with van der Waals surface area (Å²) in [5.74, 6) is 0.112. The standard InChI is InChI=1S/C14H24N2O2/c1-3-9-15(10-11-17)12-14(18)16(4-2)13-7-5-6-8-13/h3,7,17H,1,4-6,8-12H2,2H3. The number of carbonyl (C=O) groups is 1. The molecule has 0 saturated carbocycles. The van der Waals surface area contributed by atoms with E-state index >= 15 is 0 Å². The van der Waals surface area contributed by atoms with Crippen LogP contribution in [0.5, 0.6) is 0 Å². The molecule has 1 aliphatic rings. The van der Waals surface area contributed by atoms with Crippen molar-refractivity contribution in [2.24, 2.45) is 0 Å². The Morgan fingerprint density at radius 2 is 2.39 bits per heavy atom. The van der Waals surface area contributed by atoms with Crippen LogP contribution in [0.1, 0.15) is 26.2 Å². The molecule has 1 rings (SSSR count). The van der Waals surface area contributed by atoms with E-state index in [2.05, 4.69) is 12.7 Å². The fourth-order valence-electron chi connectivity index (χ4n) is 2.27. The monoisotopic (exact) mass is 252 g/mol. The summed E-state index contributed by atoms with van der Waals surface area (Å²) < 4.78 is 0. The maximum atomic E-state index is 12.2. The molecule has 102 valence electrons. The molecular formula is C14H24N2O2. The van der Waals surface area contributed by atoms with Crippen molar-refractivity contribution in [3.63, 3.8) is 0 Å². The van der Waals surface area contributed by atoms with E-state index in [0.29, 0.717) is 26.2 Å². The van der Waals surface area contributed by atoms with Gasteiger partial charge in [0, 0.05) is 25.3 Å². The van der Waals surface area contributed by atoms with Gasteiger partial charge in [-0.3, -0.25) is 9.69 Å². The van der Waals surface area contributed by atoms with Crippen molar-refractivity contribution in [3.8, 4) is 0 Å². The molecule has 0 unspecified atom stereocenters. The number of aliphatic hydroxyl groups is 1. The third kappa shape index (κ3) is 4.27. The minimum absolute atomic E-state index is 0.0654. The van der Waals surface area contributed by atoms with Gasteiger partial charge in [-0.1, -0.05) is 12.2 Å². The van der Waals surface area contributed by atoms with Crippen molar-refractivity contribution in [1.82, 2.24) is 9.80 Å². The Balaban J connectivity index is 2.57. The van der Waals surface area contributed by atoms with Crippen LogP contribution < -0.4 is 0 Å². The number of amides is 1. The van der Waals surface area contributed by atoms with Crippen LogP contribution in [0.4, 0.5) is 0 Å². The largest absolute Gasteiger partial charge is 0.395 e. The Bertz CT molecular complexity index is 313. The molecule has 4 nitrogen and oxygen atoms in total. The molecule has 0 aliphatic heterocycles. The third-order valence-corrected chi connectivity index (χ3v) is 3.14. The highest BCUT2D eigenvalue weighted by Crippen LogP contribution is 2.21. The van der Waals surface area contributed by atoms with Gasteiger partial charge in [-0.05, 0) is 26.2 Å². The number of hydrogen-bond donors (Lipinski definition) is 1. The minimum atomic E-state index is 0.0654. The molecule has 0 saturated heterocycles. The molecule has 0 aromatic carbocycles. The highest BCUT2D eigenvalue weighted by Gasteiger charge is 2.20. The average Bonchev–Trinajstić information content (AvgIpc) is 2.84. The lowest BCUT2D eigenvalue weighted by atomic mass is 10.3. The molecule has 18 heavy (non-hydrogen) atoms. The van der Waals surface area contributed by atoms with Crippen molar-refractivity contribution in [2.75, 3.05) is 32.8 Å². The quantitative estimate of drug-likeness (QED) is 0.664. The fraction of sp³-hybridized carbons (Fsp3) is 0.643. The van der Waals surface area contributed by atoms with Gasteiger partial charge in [0.25, 0.3) is 0 Å². The Morgan fingerprint density at radius 3 is 2.89 bits per heavy atom. The van der Waals surface area contributed by atoms with Gasteiger partial charge in [-0.25, -0.2) is 0 Å². The first-order chi connectivity index (χ1) is 8.72. The van der Waals surface area contributed by atoms with E-state index in [1.54, 1.807) is 6.08 Å². The average molecular weight is 252 g/mol. The van der Waals surface area contributed by atoms with Crippen LogP contribution >= 0.6 is 0 Å². The Kier molecular flexibility index (Phi) is 6.68. The second-order valence-corrected chi connectivity index (χ2v) is 4.47. The van der Waals surface area contributed by atoms with Crippen molar-refractivity contribution in [2.45, 2.75) is 26.2 Å². The Morgan fingerprint density at radius 1 is 1.61 bits per heavy atom. The van der Waals surface area contributed by atoms with Gasteiger partial charge in [-0.2, -0.15) is 0 Å². The van der Waals surface area contributed by atoms with Crippen molar-refractivity contribution >= 4 is 5.91 Å². The first kappa shape index (κ1) is 14.9. The van der Waals surface area contributed by atoms with Gasteiger partial charge in [0.15, 0.2) is 0 Å². The summed E-state index contributed by atoms with van der Waals surface area (Å²) >= 11 is 0. The molecule has 0 aromatic heterocycles. The summed E-state index contributed by atoms with van der Waals surface area (Å²) in [5, 5.41) is 8.97. The fourth-order valence-corrected chi connectivity index (χ4v) is 2.27. The molecule has 0 heterocycles. The van der Waals surface area contributed by atoms with Crippen molar-refractivity contribution < 1.29 is 9.90 Å². The van der Waals surface area contributed by atoms with Crippen LogP contribution in [0.2, 0.25) is 0 Å². The molecule has 0 fully saturated rings. The van der Waals surface area contributed by atoms with Gasteiger partial charge in [-0.15, -0.1) is 6.58 Å². The van der Waals surface area contributed by atoms with Crippen molar-refractivity contribution in [3.05, 3.63) is 24.4 Å². The lowest BCUT2D eigenvalue weighted by Crippen LogP contribution is -2.40. The van der Waals surface area contributed by atoms with Crippen LogP contribution in [-0.2, 0) is 4.79 Å². The lowest BCUT2D eigenvalue weighted by Gasteiger charge is -2.26. The summed E-state index contributed by atoms with van der Waals surface area (Å²) in [5.41, 5.74) is 1.16. The predicted molar refractivity (Wildman–Crippen MR) is 73.0 cm³/mol. The molecule has 0 bridgehead atoms. The van der Waals surface area contributed by atoms with E-state index in [1.165, 1.54) is 0 Å². The second-order valence-electron chi connectivity index (χ2n) is 4.47. The summed E-state index contributed by atoms with van der Waals surface area (Å²) in [6, 6.07) is 0. The molecule has 1 amide bonds. The Labute approximate surface area is 110 Å². The van der Waals surface area contributed by atoms with Gasteiger partial charge < -0.3 is 10.0 Å². The maximum absolute atomic E-state index is 12.2. The number of allylic oxidation sites excluding steroid dienone is 2. The summed E-state index contributed by atoms with van der Waals surface area (Å²) in [6.07, 6.45) is 7.14. The zero-order valence-corrected chi connectivity index (χ0v) is 11.3. The molecule has 1 aliphatic carbocycles. The van der Waals surface area contributed by atoms with E-state index in [0.717, 1.165) is 25.0 Å². The van der Waals surface area contributed by atoms with Gasteiger partial charge in [0.2, 0.25) is 5.91 Å². The smallest absolute Gasteiger partial charge is 0.240 e. The summed E-state index contributed by atoms with van der Waals surface area (Å²) in [4.78, 5) is 16.0. The molecule has 0 radical (unpaired) electrons. The zero-order valence-electron chi connectivity index (χ0n) is 11.3. The van der Waals surface area contributed by atoms with Gasteiger partial charge in [0.1, 0.15) is 0 Å². The number of hydrogen-bond acceptors (Lipinski definition) is 3. The summed E-state index contributed by atoms with van der Waals surface area (Å²) in [6.45, 7) is 7.93. The topological polar surface area (TPSA) is 43.8 Å². The predicted octanol–water partition coefficient (Wildman–Crippen LogP) is 1.38. The maximum Gasteiger partial charge on any atom is 0.240 e. The normalized spacial score (nSPS) is 14.7. The van der Waals surface area contributed by atoms with Gasteiger partial charge >= 0.3 is 0 Å². The molecular weight excluding hydrogens is 228 g/mol. The number of aliphatic hydroxyl groups excluding tert-OH is 1. The third-order valence-electron chi connectivity index (χ3n) is 3.14. The number of likely N-dealkylation sites (N-methyl/N-ethyl adjacent to an activating group) is 1. The van der Waals surface area contributed by atoms with E-state index < -0.39 is 0 Å². The molecule has 0 aromatic rings. The van der Waals surface area contributed by atoms with E-state index in [9.17, 15) is 4.79 Å². The molecule has 0 atom stereocenters. The summed E-state index contributed by atoms with van der Waals surface area (Å²) in [7, 11) is 0. The molecule has 0 spiro atoms. The highest BCUT2D eigenvalue weighted by atomic mass is 16.3. The highest BCUT2D eigenvalue weighted by molar-refractivity contribution is 5.80. The molecule has 4 heteroatoms. The van der Waals surface area contributed by atoms with Gasteiger partial charge in [0.05, 0.1) is 13.2 Å². The van der Waals surface area contributed by atoms with E-state index in [4.69, 9.17) is 5.11 Å². The lowest BCUT2D eigenvalue weighted by molar-refractivity contribution is -0.130. The minimum Gasteiger partial charge on any atom is -0.395 e. The SMILES string of the molecule is C=CCN(CCO)CC(=O)N(CC)C1=CCCC1. The van der Waals surface area contributed by atoms with E-state index in [1.807, 2.05) is 16.7 Å². The van der Waals surface area contributed by atoms with Crippen LogP contribution in [0.3, 0.4) is 0 Å². The Hall–Kier alpha value is -1.13. The van der Waals surface area contributed by atoms with Crippen LogP contribution in [0.25, 0.3) is 0 Å². The zero-order chi connectivity index (χ0) is 13.4. The van der Waals surface area contributed by atoms with Crippen molar-refractivity contribution in [1.29, 1.82) is 0 Å². The number of carbonyl (C=O) groups excluding carboxylic acids is 1. The number of rotatable bonds is 8. The van der Waals surface area contributed by atoms with Crippen LogP contribution in [0, 0.1) is 0 Å². The van der Waals surface area contributed by atoms with Crippen LogP contribution in [-0.4, -0.2) is 53.6 Å². The molecule has 1 N–H and O–H groups in total. The number of nitrogens with zero attached hydrogens (tertiary/aromatic N) is 2. The first-order valence-electron chi connectivity index (χ1n) is 6.66. The first-order valence-corrected chi connectivity index (χ1v) is 6.66. The van der Waals surface area contributed by atoms with E-state index in [-0.39, 0.29) is 12.5 Å². The second kappa shape index (κ2) is 8.06.